The second-order valence-corrected chi connectivity index (χ2v) is 4.66. The van der Waals surface area contributed by atoms with Crippen molar-refractivity contribution in [3.05, 3.63) is 0 Å². The number of amides is 2. The summed E-state index contributed by atoms with van der Waals surface area (Å²) in [4.78, 5) is 24.6. The van der Waals surface area contributed by atoms with Gasteiger partial charge in [0.25, 0.3) is 0 Å². The minimum Gasteiger partial charge on any atom is -0.354 e. The number of rotatable bonds is 4. The molecule has 16 heavy (non-hydrogen) atoms. The SMILES string of the molecule is CC(C)C(C)NC(=O)CN1CCNC(=O)C1. The van der Waals surface area contributed by atoms with Crippen LogP contribution in [-0.4, -0.2) is 48.9 Å². The Morgan fingerprint density at radius 2 is 2.19 bits per heavy atom. The van der Waals surface area contributed by atoms with Gasteiger partial charge in [-0.25, -0.2) is 0 Å². The Hall–Kier alpha value is -1.10. The van der Waals surface area contributed by atoms with E-state index in [4.69, 9.17) is 0 Å². The van der Waals surface area contributed by atoms with Crippen molar-refractivity contribution in [1.29, 1.82) is 0 Å². The molecule has 0 radical (unpaired) electrons. The van der Waals surface area contributed by atoms with Crippen molar-refractivity contribution in [1.82, 2.24) is 15.5 Å². The summed E-state index contributed by atoms with van der Waals surface area (Å²) < 4.78 is 0. The molecule has 1 rings (SSSR count). The van der Waals surface area contributed by atoms with Crippen molar-refractivity contribution in [2.24, 2.45) is 5.92 Å². The van der Waals surface area contributed by atoms with Gasteiger partial charge in [0.15, 0.2) is 0 Å². The van der Waals surface area contributed by atoms with Gasteiger partial charge in [0, 0.05) is 19.1 Å². The van der Waals surface area contributed by atoms with Gasteiger partial charge in [0.1, 0.15) is 0 Å². The van der Waals surface area contributed by atoms with Crippen LogP contribution >= 0.6 is 0 Å². The van der Waals surface area contributed by atoms with Crippen LogP contribution in [0.5, 0.6) is 0 Å². The van der Waals surface area contributed by atoms with Crippen molar-refractivity contribution in [3.8, 4) is 0 Å². The third kappa shape index (κ3) is 4.18. The van der Waals surface area contributed by atoms with Gasteiger partial charge in [-0.05, 0) is 12.8 Å². The monoisotopic (exact) mass is 227 g/mol. The summed E-state index contributed by atoms with van der Waals surface area (Å²) in [5, 5.41) is 5.66. The molecule has 0 bridgehead atoms. The lowest BCUT2D eigenvalue weighted by Crippen LogP contribution is -2.51. The molecule has 1 aliphatic heterocycles. The molecule has 5 heteroatoms. The lowest BCUT2D eigenvalue weighted by molar-refractivity contribution is -0.127. The van der Waals surface area contributed by atoms with E-state index in [0.29, 0.717) is 25.6 Å². The molecular weight excluding hydrogens is 206 g/mol. The third-order valence-electron chi connectivity index (χ3n) is 2.87. The quantitative estimate of drug-likeness (QED) is 0.685. The normalized spacial score (nSPS) is 19.4. The summed E-state index contributed by atoms with van der Waals surface area (Å²) in [6.45, 7) is 8.14. The molecule has 0 aliphatic carbocycles. The first-order valence-electron chi connectivity index (χ1n) is 5.77. The summed E-state index contributed by atoms with van der Waals surface area (Å²) in [6, 6.07) is 0.172. The predicted molar refractivity (Wildman–Crippen MR) is 61.9 cm³/mol. The molecule has 5 nitrogen and oxygen atoms in total. The standard InChI is InChI=1S/C11H21N3O2/c1-8(2)9(3)13-11(16)7-14-5-4-12-10(15)6-14/h8-9H,4-7H2,1-3H3,(H,12,15)(H,13,16). The van der Waals surface area contributed by atoms with Crippen molar-refractivity contribution in [3.63, 3.8) is 0 Å². The van der Waals surface area contributed by atoms with Crippen molar-refractivity contribution in [2.45, 2.75) is 26.8 Å². The summed E-state index contributed by atoms with van der Waals surface area (Å²) >= 11 is 0. The maximum atomic E-state index is 11.6. The van der Waals surface area contributed by atoms with E-state index in [1.165, 1.54) is 0 Å². The molecule has 0 aromatic heterocycles. The van der Waals surface area contributed by atoms with Crippen LogP contribution in [0.1, 0.15) is 20.8 Å². The second kappa shape index (κ2) is 5.84. The molecular formula is C11H21N3O2. The van der Waals surface area contributed by atoms with Crippen LogP contribution in [-0.2, 0) is 9.59 Å². The number of carbonyl (C=O) groups excluding carboxylic acids is 2. The third-order valence-corrected chi connectivity index (χ3v) is 2.87. The van der Waals surface area contributed by atoms with E-state index >= 15 is 0 Å². The lowest BCUT2D eigenvalue weighted by atomic mass is 10.1. The first kappa shape index (κ1) is 13.0. The average Bonchev–Trinajstić information content (AvgIpc) is 2.16. The van der Waals surface area contributed by atoms with Gasteiger partial charge in [-0.3, -0.25) is 14.5 Å². The first-order chi connectivity index (χ1) is 7.49. The Morgan fingerprint density at radius 3 is 2.75 bits per heavy atom. The maximum absolute atomic E-state index is 11.6. The molecule has 1 atom stereocenters. The van der Waals surface area contributed by atoms with Crippen molar-refractivity contribution in [2.75, 3.05) is 26.2 Å². The van der Waals surface area contributed by atoms with E-state index < -0.39 is 0 Å². The highest BCUT2D eigenvalue weighted by Gasteiger charge is 2.19. The minimum atomic E-state index is -0.00380. The van der Waals surface area contributed by atoms with E-state index in [9.17, 15) is 9.59 Å². The fraction of sp³-hybridized carbons (Fsp3) is 0.818. The average molecular weight is 227 g/mol. The van der Waals surface area contributed by atoms with Crippen LogP contribution in [0, 0.1) is 5.92 Å². The zero-order valence-electron chi connectivity index (χ0n) is 10.2. The van der Waals surface area contributed by atoms with Crippen molar-refractivity contribution < 1.29 is 9.59 Å². The van der Waals surface area contributed by atoms with E-state index in [-0.39, 0.29) is 17.9 Å². The van der Waals surface area contributed by atoms with E-state index in [0.717, 1.165) is 6.54 Å². The maximum Gasteiger partial charge on any atom is 0.234 e. The number of carbonyl (C=O) groups is 2. The fourth-order valence-electron chi connectivity index (χ4n) is 1.50. The summed E-state index contributed by atoms with van der Waals surface area (Å²) in [5.41, 5.74) is 0. The van der Waals surface area contributed by atoms with Gasteiger partial charge in [-0.15, -0.1) is 0 Å². The highest BCUT2D eigenvalue weighted by Crippen LogP contribution is 2.00. The van der Waals surface area contributed by atoms with Gasteiger partial charge in [0.05, 0.1) is 13.1 Å². The van der Waals surface area contributed by atoms with Gasteiger partial charge in [0.2, 0.25) is 11.8 Å². The van der Waals surface area contributed by atoms with Crippen LogP contribution in [0.15, 0.2) is 0 Å². The van der Waals surface area contributed by atoms with Gasteiger partial charge in [-0.1, -0.05) is 13.8 Å². The molecule has 0 spiro atoms. The predicted octanol–water partition coefficient (Wildman–Crippen LogP) is -0.421. The Morgan fingerprint density at radius 1 is 1.50 bits per heavy atom. The number of nitrogens with one attached hydrogen (secondary N) is 2. The number of piperazine rings is 1. The molecule has 1 fully saturated rings. The van der Waals surface area contributed by atoms with Gasteiger partial charge < -0.3 is 10.6 Å². The van der Waals surface area contributed by atoms with Gasteiger partial charge >= 0.3 is 0 Å². The van der Waals surface area contributed by atoms with Gasteiger partial charge in [-0.2, -0.15) is 0 Å². The molecule has 0 aromatic rings. The van der Waals surface area contributed by atoms with E-state index in [2.05, 4.69) is 24.5 Å². The Bertz CT molecular complexity index is 266. The summed E-state index contributed by atoms with van der Waals surface area (Å²) in [7, 11) is 0. The Labute approximate surface area is 96.6 Å². The number of hydrogen-bond acceptors (Lipinski definition) is 3. The van der Waals surface area contributed by atoms with Crippen LogP contribution in [0.3, 0.4) is 0 Å². The lowest BCUT2D eigenvalue weighted by Gasteiger charge is -2.26. The van der Waals surface area contributed by atoms with Crippen LogP contribution < -0.4 is 10.6 Å². The molecule has 0 aromatic carbocycles. The van der Waals surface area contributed by atoms with E-state index in [1.54, 1.807) is 0 Å². The molecule has 2 amide bonds. The molecule has 2 N–H and O–H groups in total. The summed E-state index contributed by atoms with van der Waals surface area (Å²) in [5.74, 6) is 0.417. The molecule has 1 heterocycles. The second-order valence-electron chi connectivity index (χ2n) is 4.66. The number of nitrogens with zero attached hydrogens (tertiary/aromatic N) is 1. The number of hydrogen-bond donors (Lipinski definition) is 2. The van der Waals surface area contributed by atoms with Crippen LogP contribution in [0.25, 0.3) is 0 Å². The van der Waals surface area contributed by atoms with Crippen LogP contribution in [0.4, 0.5) is 0 Å². The minimum absolute atomic E-state index is 0.00374. The molecule has 1 unspecified atom stereocenters. The molecule has 1 saturated heterocycles. The Kier molecular flexibility index (Phi) is 4.73. The highest BCUT2D eigenvalue weighted by atomic mass is 16.2. The highest BCUT2D eigenvalue weighted by molar-refractivity contribution is 5.81. The van der Waals surface area contributed by atoms with E-state index in [1.807, 2.05) is 11.8 Å². The molecule has 0 saturated carbocycles. The molecule has 1 aliphatic rings. The zero-order chi connectivity index (χ0) is 12.1. The van der Waals surface area contributed by atoms with Crippen molar-refractivity contribution >= 4 is 11.8 Å². The fourth-order valence-corrected chi connectivity index (χ4v) is 1.50. The largest absolute Gasteiger partial charge is 0.354 e. The smallest absolute Gasteiger partial charge is 0.234 e. The summed E-state index contributed by atoms with van der Waals surface area (Å²) in [6.07, 6.45) is 0. The first-order valence-corrected chi connectivity index (χ1v) is 5.77. The topological polar surface area (TPSA) is 61.4 Å². The molecule has 92 valence electrons. The van der Waals surface area contributed by atoms with Crippen LogP contribution in [0.2, 0.25) is 0 Å². The zero-order valence-corrected chi connectivity index (χ0v) is 10.2. The Balaban J connectivity index is 2.30.